The molecule has 0 saturated carbocycles. The topological polar surface area (TPSA) is 121 Å². The molecule has 0 aromatic carbocycles. The maximum atomic E-state index is 12.6. The molecular formula is C13H16FN5O3S. The molecule has 23 heavy (non-hydrogen) atoms. The molecule has 1 saturated heterocycles. The fourth-order valence-corrected chi connectivity index (χ4v) is 4.12. The van der Waals surface area contributed by atoms with E-state index in [0.717, 1.165) is 0 Å². The number of alkyl halides is 1. The molecule has 2 atom stereocenters. The number of anilines is 1. The van der Waals surface area contributed by atoms with Gasteiger partial charge in [0.25, 0.3) is 0 Å². The van der Waals surface area contributed by atoms with Gasteiger partial charge >= 0.3 is 0 Å². The standard InChI is InChI=1S/C13H16FN5O3S/c14-2-4-18-8(15)1-3-17(18)5-7-6-23-12-9(16)11(20)19(12)10(7)13(21)22/h1,3,9,12,15H,2,4-6,16H2,(H,21,22)/t9-,12-/m1/s1. The van der Waals surface area contributed by atoms with Gasteiger partial charge in [-0.3, -0.25) is 9.69 Å². The van der Waals surface area contributed by atoms with Gasteiger partial charge in [-0.05, 0) is 0 Å². The normalized spacial score (nSPS) is 23.7. The van der Waals surface area contributed by atoms with E-state index in [1.165, 1.54) is 21.3 Å². The summed E-state index contributed by atoms with van der Waals surface area (Å²) in [5.41, 5.74) is 11.8. The molecule has 0 spiro atoms. The van der Waals surface area contributed by atoms with E-state index >= 15 is 0 Å². The van der Waals surface area contributed by atoms with Crippen LogP contribution >= 0.6 is 11.8 Å². The van der Waals surface area contributed by atoms with Crippen molar-refractivity contribution in [2.45, 2.75) is 24.5 Å². The van der Waals surface area contributed by atoms with E-state index in [9.17, 15) is 19.1 Å². The van der Waals surface area contributed by atoms with Crippen molar-refractivity contribution in [1.29, 1.82) is 0 Å². The summed E-state index contributed by atoms with van der Waals surface area (Å²) in [6.45, 7) is -0.350. The number of nitrogen functional groups attached to an aromatic ring is 1. The van der Waals surface area contributed by atoms with Crippen molar-refractivity contribution in [2.24, 2.45) is 5.73 Å². The highest BCUT2D eigenvalue weighted by Crippen LogP contribution is 2.39. The van der Waals surface area contributed by atoms with E-state index in [1.54, 1.807) is 16.9 Å². The number of aliphatic carboxylic acids is 1. The number of amides is 1. The quantitative estimate of drug-likeness (QED) is 0.454. The maximum Gasteiger partial charge on any atom is 0.248 e. The van der Waals surface area contributed by atoms with Gasteiger partial charge in [-0.1, -0.05) is 0 Å². The molecule has 0 aliphatic carbocycles. The SMILES string of the molecule is Nc1cc[n+](CC2=C(C(=O)[O-])N3C(=O)[C@@H](N)[C@H]3SC2)n1CCF. The summed E-state index contributed by atoms with van der Waals surface area (Å²) in [5.74, 6) is -1.06. The van der Waals surface area contributed by atoms with Gasteiger partial charge in [0.15, 0.2) is 18.6 Å². The predicted octanol–water partition coefficient (Wildman–Crippen LogP) is -2.43. The maximum absolute atomic E-state index is 12.6. The van der Waals surface area contributed by atoms with Crippen LogP contribution in [0.5, 0.6) is 0 Å². The van der Waals surface area contributed by atoms with Gasteiger partial charge < -0.3 is 21.4 Å². The first-order valence-electron chi connectivity index (χ1n) is 7.00. The van der Waals surface area contributed by atoms with E-state index < -0.39 is 24.6 Å². The molecule has 0 unspecified atom stereocenters. The van der Waals surface area contributed by atoms with Gasteiger partial charge in [0.05, 0.1) is 17.7 Å². The van der Waals surface area contributed by atoms with Gasteiger partial charge in [0, 0.05) is 11.3 Å². The number of carbonyl (C=O) groups excluding carboxylic acids is 2. The number of fused-ring (bicyclic) bond motifs is 1. The number of hydrogen-bond acceptors (Lipinski definition) is 6. The molecule has 0 radical (unpaired) electrons. The Kier molecular flexibility index (Phi) is 4.02. The highest BCUT2D eigenvalue weighted by molar-refractivity contribution is 8.00. The van der Waals surface area contributed by atoms with Crippen molar-refractivity contribution < 1.29 is 23.8 Å². The molecule has 10 heteroatoms. The number of carbonyl (C=O) groups is 2. The van der Waals surface area contributed by atoms with E-state index in [4.69, 9.17) is 11.5 Å². The Bertz CT molecular complexity index is 704. The fourth-order valence-electron chi connectivity index (χ4n) is 2.84. The van der Waals surface area contributed by atoms with Crippen LogP contribution < -0.4 is 21.3 Å². The van der Waals surface area contributed by atoms with Crippen molar-refractivity contribution in [3.8, 4) is 0 Å². The van der Waals surface area contributed by atoms with Crippen LogP contribution in [0.25, 0.3) is 0 Å². The Balaban J connectivity index is 1.94. The third-order valence-corrected chi connectivity index (χ3v) is 5.32. The molecule has 8 nitrogen and oxygen atoms in total. The van der Waals surface area contributed by atoms with Gasteiger partial charge in [0.2, 0.25) is 5.91 Å². The number of carboxylic acid groups (broad SMARTS) is 1. The lowest BCUT2D eigenvalue weighted by Gasteiger charge is -2.49. The number of hydrogen-bond donors (Lipinski definition) is 2. The van der Waals surface area contributed by atoms with Crippen LogP contribution in [-0.4, -0.2) is 45.3 Å². The number of aromatic nitrogens is 2. The zero-order valence-corrected chi connectivity index (χ0v) is 13.0. The van der Waals surface area contributed by atoms with Crippen molar-refractivity contribution in [3.63, 3.8) is 0 Å². The van der Waals surface area contributed by atoms with E-state index in [2.05, 4.69) is 0 Å². The Morgan fingerprint density at radius 1 is 1.57 bits per heavy atom. The van der Waals surface area contributed by atoms with Gasteiger partial charge in [-0.2, -0.15) is 0 Å². The second-order valence-electron chi connectivity index (χ2n) is 5.33. The minimum absolute atomic E-state index is 0.0655. The van der Waals surface area contributed by atoms with E-state index in [-0.39, 0.29) is 24.2 Å². The van der Waals surface area contributed by atoms with E-state index in [0.29, 0.717) is 17.1 Å². The number of halogens is 1. The van der Waals surface area contributed by atoms with Crippen LogP contribution in [0.15, 0.2) is 23.5 Å². The number of β-lactam (4-membered cyclic amide) rings is 1. The highest BCUT2D eigenvalue weighted by Gasteiger charge is 2.50. The monoisotopic (exact) mass is 341 g/mol. The predicted molar refractivity (Wildman–Crippen MR) is 78.1 cm³/mol. The van der Waals surface area contributed by atoms with Gasteiger partial charge in [0.1, 0.15) is 24.6 Å². The average Bonchev–Trinajstić information content (AvgIpc) is 2.87. The highest BCUT2D eigenvalue weighted by atomic mass is 32.2. The summed E-state index contributed by atoms with van der Waals surface area (Å²) >= 11 is 1.40. The Morgan fingerprint density at radius 2 is 2.30 bits per heavy atom. The number of thioether (sulfide) groups is 1. The lowest BCUT2D eigenvalue weighted by Crippen LogP contribution is -2.69. The third-order valence-electron chi connectivity index (χ3n) is 3.96. The zero-order valence-electron chi connectivity index (χ0n) is 12.1. The first kappa shape index (κ1) is 15.8. The summed E-state index contributed by atoms with van der Waals surface area (Å²) in [7, 11) is 0. The van der Waals surface area contributed by atoms with Crippen molar-refractivity contribution in [3.05, 3.63) is 23.5 Å². The molecular weight excluding hydrogens is 325 g/mol. The molecule has 3 rings (SSSR count). The van der Waals surface area contributed by atoms with Gasteiger partial charge in [-0.15, -0.1) is 21.1 Å². The summed E-state index contributed by atoms with van der Waals surface area (Å²) in [6, 6.07) is 0.924. The first-order valence-corrected chi connectivity index (χ1v) is 8.05. The Morgan fingerprint density at radius 3 is 2.96 bits per heavy atom. The van der Waals surface area contributed by atoms with Gasteiger partial charge in [-0.25, -0.2) is 4.39 Å². The average molecular weight is 341 g/mol. The molecule has 3 heterocycles. The zero-order chi connectivity index (χ0) is 16.7. The van der Waals surface area contributed by atoms with Crippen molar-refractivity contribution >= 4 is 29.5 Å². The first-order chi connectivity index (χ1) is 11.0. The molecule has 2 aliphatic heterocycles. The third kappa shape index (κ3) is 2.47. The van der Waals surface area contributed by atoms with Crippen LogP contribution in [0.1, 0.15) is 0 Å². The molecule has 1 aromatic heterocycles. The molecule has 1 fully saturated rings. The lowest BCUT2D eigenvalue weighted by atomic mass is 10.0. The second kappa shape index (κ2) is 5.85. The molecule has 124 valence electrons. The molecule has 2 aliphatic rings. The second-order valence-corrected chi connectivity index (χ2v) is 6.43. The molecule has 1 aromatic rings. The summed E-state index contributed by atoms with van der Waals surface area (Å²) < 4.78 is 15.8. The lowest BCUT2D eigenvalue weighted by molar-refractivity contribution is -0.767. The molecule has 1 amide bonds. The minimum atomic E-state index is -1.41. The van der Waals surface area contributed by atoms with Crippen molar-refractivity contribution in [2.75, 3.05) is 18.2 Å². The summed E-state index contributed by atoms with van der Waals surface area (Å²) in [5, 5.41) is 11.1. The number of rotatable bonds is 5. The van der Waals surface area contributed by atoms with Crippen LogP contribution in [-0.2, 0) is 22.7 Å². The molecule has 0 bridgehead atoms. The number of nitrogens with two attached hydrogens (primary N) is 2. The fraction of sp³-hybridized carbons (Fsp3) is 0.462. The Hall–Kier alpha value is -2.07. The number of nitrogens with zero attached hydrogens (tertiary/aromatic N) is 3. The van der Waals surface area contributed by atoms with Crippen LogP contribution in [0, 0.1) is 0 Å². The molecule has 4 N–H and O–H groups in total. The smallest absolute Gasteiger partial charge is 0.248 e. The van der Waals surface area contributed by atoms with Crippen LogP contribution in [0.4, 0.5) is 10.2 Å². The number of carboxylic acids is 1. The van der Waals surface area contributed by atoms with Crippen molar-refractivity contribution in [1.82, 2.24) is 9.58 Å². The Labute approximate surface area is 135 Å². The van der Waals surface area contributed by atoms with Crippen LogP contribution in [0.2, 0.25) is 0 Å². The summed E-state index contributed by atoms with van der Waals surface area (Å²) in [4.78, 5) is 24.5. The summed E-state index contributed by atoms with van der Waals surface area (Å²) in [6.07, 6.45) is 1.64. The largest absolute Gasteiger partial charge is 0.543 e. The van der Waals surface area contributed by atoms with Crippen LogP contribution in [0.3, 0.4) is 0 Å². The minimum Gasteiger partial charge on any atom is -0.543 e. The van der Waals surface area contributed by atoms with E-state index in [1.807, 2.05) is 0 Å².